The van der Waals surface area contributed by atoms with E-state index in [1.807, 2.05) is 0 Å². The van der Waals surface area contributed by atoms with Gasteiger partial charge in [0.2, 0.25) is 5.91 Å². The predicted octanol–water partition coefficient (Wildman–Crippen LogP) is 7.04. The molecule has 0 fully saturated rings. The van der Waals surface area contributed by atoms with Crippen molar-refractivity contribution in [2.45, 2.75) is 26.2 Å². The summed E-state index contributed by atoms with van der Waals surface area (Å²) in [5.41, 5.74) is 1.84. The van der Waals surface area contributed by atoms with Gasteiger partial charge in [0.25, 0.3) is 5.91 Å². The van der Waals surface area contributed by atoms with Gasteiger partial charge in [0.1, 0.15) is 11.5 Å². The molecule has 0 radical (unpaired) electrons. The maximum atomic E-state index is 12.2. The minimum atomic E-state index is -0.567. The Hall–Kier alpha value is -3.26. The maximum Gasteiger partial charge on any atom is 0.306 e. The number of hydrogen-bond donors (Lipinski definition) is 2. The molecular formula is C26H23Cl3N2O5. The van der Waals surface area contributed by atoms with Crippen molar-refractivity contribution in [3.05, 3.63) is 81.3 Å². The number of ether oxygens (including phenoxy) is 2. The Morgan fingerprint density at radius 2 is 1.58 bits per heavy atom. The molecule has 0 saturated carbocycles. The number of amides is 2. The van der Waals surface area contributed by atoms with Crippen LogP contribution in [0, 0.1) is 6.92 Å². The van der Waals surface area contributed by atoms with Crippen LogP contribution in [-0.2, 0) is 19.1 Å². The van der Waals surface area contributed by atoms with Crippen molar-refractivity contribution in [1.29, 1.82) is 0 Å². The highest BCUT2D eigenvalue weighted by atomic mass is 35.5. The van der Waals surface area contributed by atoms with Crippen molar-refractivity contribution in [3.8, 4) is 11.5 Å². The summed E-state index contributed by atoms with van der Waals surface area (Å²) in [5.74, 6) is -0.303. The first-order chi connectivity index (χ1) is 17.2. The lowest BCUT2D eigenvalue weighted by Gasteiger charge is -2.10. The largest absolute Gasteiger partial charge is 0.456 e. The second-order valence-electron chi connectivity index (χ2n) is 7.72. The Morgan fingerprint density at radius 3 is 2.31 bits per heavy atom. The van der Waals surface area contributed by atoms with Gasteiger partial charge >= 0.3 is 5.97 Å². The molecule has 0 aliphatic rings. The van der Waals surface area contributed by atoms with Crippen molar-refractivity contribution in [2.24, 2.45) is 0 Å². The number of carbonyl (C=O) groups is 3. The van der Waals surface area contributed by atoms with Crippen LogP contribution in [0.15, 0.2) is 60.7 Å². The lowest BCUT2D eigenvalue weighted by Crippen LogP contribution is -2.21. The quantitative estimate of drug-likeness (QED) is 0.265. The van der Waals surface area contributed by atoms with Crippen LogP contribution in [0.25, 0.3) is 0 Å². The fraction of sp³-hybridized carbons (Fsp3) is 0.192. The summed E-state index contributed by atoms with van der Waals surface area (Å²) in [6, 6.07) is 16.8. The molecule has 3 aromatic rings. The fourth-order valence-electron chi connectivity index (χ4n) is 3.06. The molecule has 0 unspecified atom stereocenters. The molecule has 0 heterocycles. The minimum Gasteiger partial charge on any atom is -0.456 e. The van der Waals surface area contributed by atoms with E-state index in [9.17, 15) is 14.4 Å². The van der Waals surface area contributed by atoms with Crippen LogP contribution in [-0.4, -0.2) is 24.4 Å². The van der Waals surface area contributed by atoms with E-state index in [4.69, 9.17) is 44.3 Å². The summed E-state index contributed by atoms with van der Waals surface area (Å²) < 4.78 is 10.7. The Kier molecular flexibility index (Phi) is 9.99. The van der Waals surface area contributed by atoms with E-state index < -0.39 is 18.5 Å². The number of nitrogens with one attached hydrogen (secondary N) is 2. The molecule has 2 amide bonds. The monoisotopic (exact) mass is 548 g/mol. The first kappa shape index (κ1) is 27.3. The van der Waals surface area contributed by atoms with Gasteiger partial charge in [-0.3, -0.25) is 14.4 Å². The number of halogens is 3. The van der Waals surface area contributed by atoms with Crippen LogP contribution in [0.1, 0.15) is 24.8 Å². The molecule has 0 atom stereocenters. The molecule has 10 heteroatoms. The van der Waals surface area contributed by atoms with E-state index in [0.717, 1.165) is 5.56 Å². The highest BCUT2D eigenvalue weighted by Gasteiger charge is 2.11. The van der Waals surface area contributed by atoms with E-state index in [-0.39, 0.29) is 25.2 Å². The number of benzene rings is 3. The zero-order valence-electron chi connectivity index (χ0n) is 19.3. The third kappa shape index (κ3) is 8.45. The van der Waals surface area contributed by atoms with Crippen LogP contribution < -0.4 is 15.4 Å². The van der Waals surface area contributed by atoms with Gasteiger partial charge in [0.15, 0.2) is 6.61 Å². The van der Waals surface area contributed by atoms with Gasteiger partial charge < -0.3 is 20.1 Å². The van der Waals surface area contributed by atoms with Crippen LogP contribution in [0.4, 0.5) is 11.4 Å². The SMILES string of the molecule is Cc1c(Cl)cccc1NC(=O)COC(=O)CCCC(=O)Nc1ccc(Oc2ccc(Cl)cc2Cl)cc1. The summed E-state index contributed by atoms with van der Waals surface area (Å²) >= 11 is 18.0. The van der Waals surface area contributed by atoms with E-state index in [1.54, 1.807) is 67.6 Å². The van der Waals surface area contributed by atoms with Crippen molar-refractivity contribution in [3.63, 3.8) is 0 Å². The second-order valence-corrected chi connectivity index (χ2v) is 8.98. The third-order valence-corrected chi connectivity index (χ3v) is 5.89. The van der Waals surface area contributed by atoms with Crippen molar-refractivity contribution < 1.29 is 23.9 Å². The van der Waals surface area contributed by atoms with E-state index in [0.29, 0.717) is 37.9 Å². The molecule has 3 aromatic carbocycles. The summed E-state index contributed by atoms with van der Waals surface area (Å²) in [4.78, 5) is 36.1. The van der Waals surface area contributed by atoms with Crippen LogP contribution >= 0.6 is 34.8 Å². The number of esters is 1. The molecule has 3 rings (SSSR count). The molecule has 0 spiro atoms. The van der Waals surface area contributed by atoms with E-state index in [1.165, 1.54) is 0 Å². The first-order valence-corrected chi connectivity index (χ1v) is 12.1. The van der Waals surface area contributed by atoms with Crippen molar-refractivity contribution >= 4 is 64.0 Å². The maximum absolute atomic E-state index is 12.2. The molecular weight excluding hydrogens is 527 g/mol. The number of rotatable bonds is 10. The number of anilines is 2. The molecule has 0 aliphatic carbocycles. The van der Waals surface area contributed by atoms with Gasteiger partial charge in [0, 0.05) is 34.3 Å². The first-order valence-electron chi connectivity index (χ1n) is 10.9. The Bertz CT molecular complexity index is 1250. The molecule has 0 aromatic heterocycles. The van der Waals surface area contributed by atoms with Gasteiger partial charge in [-0.25, -0.2) is 0 Å². The average molecular weight is 550 g/mol. The number of carbonyl (C=O) groups excluding carboxylic acids is 3. The standard InChI is InChI=1S/C26H23Cl3N2O5/c1-16-20(28)4-2-5-22(16)31-25(33)15-35-26(34)7-3-6-24(32)30-18-9-11-19(12-10-18)36-23-13-8-17(27)14-21(23)29/h2,4-5,8-14H,3,6-7,15H2,1H3,(H,30,32)(H,31,33). The Labute approximate surface area is 223 Å². The Morgan fingerprint density at radius 1 is 0.833 bits per heavy atom. The summed E-state index contributed by atoms with van der Waals surface area (Å²) in [5, 5.41) is 6.81. The molecule has 0 saturated heterocycles. The van der Waals surface area contributed by atoms with Crippen molar-refractivity contribution in [2.75, 3.05) is 17.2 Å². The lowest BCUT2D eigenvalue weighted by atomic mass is 10.2. The molecule has 0 aliphatic heterocycles. The third-order valence-electron chi connectivity index (χ3n) is 4.95. The van der Waals surface area contributed by atoms with E-state index in [2.05, 4.69) is 10.6 Å². The zero-order chi connectivity index (χ0) is 26.1. The molecule has 7 nitrogen and oxygen atoms in total. The van der Waals surface area contributed by atoms with Gasteiger partial charge in [-0.05, 0) is 73.5 Å². The number of hydrogen-bond acceptors (Lipinski definition) is 5. The van der Waals surface area contributed by atoms with Gasteiger partial charge in [-0.2, -0.15) is 0 Å². The molecule has 0 bridgehead atoms. The minimum absolute atomic E-state index is 0.00548. The molecule has 36 heavy (non-hydrogen) atoms. The second kappa shape index (κ2) is 13.2. The summed E-state index contributed by atoms with van der Waals surface area (Å²) in [6.45, 7) is 1.35. The van der Waals surface area contributed by atoms with Crippen LogP contribution in [0.5, 0.6) is 11.5 Å². The lowest BCUT2D eigenvalue weighted by molar-refractivity contribution is -0.147. The summed E-state index contributed by atoms with van der Waals surface area (Å²) in [7, 11) is 0. The molecule has 2 N–H and O–H groups in total. The highest BCUT2D eigenvalue weighted by molar-refractivity contribution is 6.35. The normalized spacial score (nSPS) is 10.4. The fourth-order valence-corrected chi connectivity index (χ4v) is 3.68. The predicted molar refractivity (Wildman–Crippen MR) is 141 cm³/mol. The average Bonchev–Trinajstić information content (AvgIpc) is 2.83. The van der Waals surface area contributed by atoms with E-state index >= 15 is 0 Å². The zero-order valence-corrected chi connectivity index (χ0v) is 21.5. The summed E-state index contributed by atoms with van der Waals surface area (Å²) in [6.07, 6.45) is 0.392. The highest BCUT2D eigenvalue weighted by Crippen LogP contribution is 2.32. The Balaban J connectivity index is 1.35. The van der Waals surface area contributed by atoms with Crippen LogP contribution in [0.3, 0.4) is 0 Å². The molecule has 188 valence electrons. The van der Waals surface area contributed by atoms with Gasteiger partial charge in [-0.1, -0.05) is 40.9 Å². The van der Waals surface area contributed by atoms with Gasteiger partial charge in [0.05, 0.1) is 5.02 Å². The van der Waals surface area contributed by atoms with Crippen molar-refractivity contribution in [1.82, 2.24) is 0 Å². The van der Waals surface area contributed by atoms with Crippen LogP contribution in [0.2, 0.25) is 15.1 Å². The topological polar surface area (TPSA) is 93.7 Å². The van der Waals surface area contributed by atoms with Gasteiger partial charge in [-0.15, -0.1) is 0 Å². The smallest absolute Gasteiger partial charge is 0.306 e.